The van der Waals surface area contributed by atoms with Crippen LogP contribution in [0.4, 0.5) is 0 Å². The number of rotatable bonds is 14. The van der Waals surface area contributed by atoms with E-state index >= 15 is 0 Å². The second-order valence-electron chi connectivity index (χ2n) is 10.7. The van der Waals surface area contributed by atoms with Gasteiger partial charge in [-0.3, -0.25) is 4.79 Å². The van der Waals surface area contributed by atoms with Crippen molar-refractivity contribution >= 4 is 17.9 Å². The highest BCUT2D eigenvalue weighted by Gasteiger charge is 2.20. The van der Waals surface area contributed by atoms with Crippen LogP contribution in [0.15, 0.2) is 79.4 Å². The summed E-state index contributed by atoms with van der Waals surface area (Å²) in [5.74, 6) is -2.92. The number of phenols is 3. The number of ether oxygens (including phenoxy) is 3. The van der Waals surface area contributed by atoms with E-state index in [0.717, 1.165) is 38.2 Å². The average molecular weight is 654 g/mol. The molecule has 0 atom stereocenters. The van der Waals surface area contributed by atoms with Crippen molar-refractivity contribution in [3.8, 4) is 68.7 Å². The number of phenolic OH excluding ortho intramolecular Hbond substituents is 3. The maximum Gasteiger partial charge on any atom is 0.338 e. The Kier molecular flexibility index (Phi) is 11.6. The van der Waals surface area contributed by atoms with Crippen LogP contribution >= 0.6 is 0 Å². The number of nitrogens with zero attached hydrogens (tertiary/aromatic N) is 3. The summed E-state index contributed by atoms with van der Waals surface area (Å²) in [6.07, 6.45) is 6.63. The minimum atomic E-state index is -0.726. The number of hydrogen-bond acceptors (Lipinski definition) is 12. The summed E-state index contributed by atoms with van der Waals surface area (Å²) in [7, 11) is 0. The Hall–Kier alpha value is -6.04. The average Bonchev–Trinajstić information content (AvgIpc) is 3.04. The summed E-state index contributed by atoms with van der Waals surface area (Å²) >= 11 is 0. The Morgan fingerprint density at radius 1 is 0.688 bits per heavy atom. The lowest BCUT2D eigenvalue weighted by Crippen LogP contribution is -2.10. The van der Waals surface area contributed by atoms with Gasteiger partial charge in [0.2, 0.25) is 0 Å². The van der Waals surface area contributed by atoms with Crippen LogP contribution in [0, 0.1) is 0 Å². The first-order valence-corrected chi connectivity index (χ1v) is 15.2. The van der Waals surface area contributed by atoms with E-state index in [1.807, 2.05) is 0 Å². The zero-order chi connectivity index (χ0) is 34.8. The molecule has 0 aliphatic heterocycles. The molecule has 1 heterocycles. The zero-order valence-corrected chi connectivity index (χ0v) is 26.6. The summed E-state index contributed by atoms with van der Waals surface area (Å²) in [4.78, 5) is 48.9. The van der Waals surface area contributed by atoms with Crippen LogP contribution in [0.1, 0.15) is 52.4 Å². The second-order valence-corrected chi connectivity index (χ2v) is 10.7. The Morgan fingerprint density at radius 2 is 1.12 bits per heavy atom. The summed E-state index contributed by atoms with van der Waals surface area (Å²) in [6.45, 7) is 10.5. The maximum absolute atomic E-state index is 12.6. The number of carbonyl (C=O) groups excluding carboxylic acids is 3. The van der Waals surface area contributed by atoms with Gasteiger partial charge in [-0.05, 0) is 49.2 Å². The molecule has 3 aromatic carbocycles. The molecule has 12 nitrogen and oxygen atoms in total. The van der Waals surface area contributed by atoms with E-state index in [2.05, 4.69) is 35.0 Å². The van der Waals surface area contributed by atoms with Gasteiger partial charge in [0.25, 0.3) is 0 Å². The molecule has 48 heavy (non-hydrogen) atoms. The van der Waals surface area contributed by atoms with Gasteiger partial charge in [0.15, 0.2) is 17.5 Å². The molecule has 3 N–H and O–H groups in total. The minimum Gasteiger partial charge on any atom is -0.507 e. The number of unbranched alkanes of at least 4 members (excludes halogenated alkanes) is 4. The molecule has 0 aliphatic carbocycles. The van der Waals surface area contributed by atoms with Gasteiger partial charge < -0.3 is 29.5 Å². The predicted octanol–water partition coefficient (Wildman–Crippen LogP) is 6.83. The lowest BCUT2D eigenvalue weighted by atomic mass is 10.1. The van der Waals surface area contributed by atoms with Crippen molar-refractivity contribution < 1.29 is 43.9 Å². The van der Waals surface area contributed by atoms with Crippen LogP contribution in [-0.4, -0.2) is 48.2 Å². The van der Waals surface area contributed by atoms with Gasteiger partial charge in [-0.25, -0.2) is 24.5 Å². The molecule has 0 spiro atoms. The van der Waals surface area contributed by atoms with Crippen molar-refractivity contribution in [2.75, 3.05) is 0 Å². The molecular weight excluding hydrogens is 618 g/mol. The molecule has 0 radical (unpaired) electrons. The molecule has 0 unspecified atom stereocenters. The molecule has 4 rings (SSSR count). The highest BCUT2D eigenvalue weighted by molar-refractivity contribution is 5.89. The monoisotopic (exact) mass is 653 g/mol. The van der Waals surface area contributed by atoms with Crippen molar-refractivity contribution in [1.82, 2.24) is 15.0 Å². The van der Waals surface area contributed by atoms with Crippen molar-refractivity contribution in [3.63, 3.8) is 0 Å². The zero-order valence-electron chi connectivity index (χ0n) is 26.6. The maximum atomic E-state index is 12.6. The van der Waals surface area contributed by atoms with E-state index < -0.39 is 17.9 Å². The molecule has 0 fully saturated rings. The Bertz CT molecular complexity index is 1870. The highest BCUT2D eigenvalue weighted by Crippen LogP contribution is 2.38. The van der Waals surface area contributed by atoms with Gasteiger partial charge in [0.1, 0.15) is 34.5 Å². The van der Waals surface area contributed by atoms with Crippen LogP contribution in [0.5, 0.6) is 34.5 Å². The molecule has 1 aromatic heterocycles. The summed E-state index contributed by atoms with van der Waals surface area (Å²) in [5, 5.41) is 32.6. The molecule has 248 valence electrons. The minimum absolute atomic E-state index is 0.0383. The van der Waals surface area contributed by atoms with E-state index in [9.17, 15) is 29.7 Å². The number of aromatic nitrogens is 3. The summed E-state index contributed by atoms with van der Waals surface area (Å²) in [6, 6.07) is 12.2. The van der Waals surface area contributed by atoms with E-state index in [1.165, 1.54) is 61.5 Å². The molecule has 4 aromatic rings. The van der Waals surface area contributed by atoms with Gasteiger partial charge in [-0.1, -0.05) is 45.8 Å². The molecule has 12 heteroatoms. The largest absolute Gasteiger partial charge is 0.507 e. The number of benzene rings is 3. The van der Waals surface area contributed by atoms with E-state index in [4.69, 9.17) is 14.2 Å². The number of hydrogen-bond donors (Lipinski definition) is 3. The van der Waals surface area contributed by atoms with E-state index in [0.29, 0.717) is 12.0 Å². The van der Waals surface area contributed by atoms with Crippen LogP contribution in [0.2, 0.25) is 0 Å². The first-order chi connectivity index (χ1) is 23.0. The van der Waals surface area contributed by atoms with Crippen molar-refractivity contribution in [2.45, 2.75) is 52.4 Å². The fourth-order valence-electron chi connectivity index (χ4n) is 4.58. The van der Waals surface area contributed by atoms with Gasteiger partial charge in [0, 0.05) is 36.8 Å². The predicted molar refractivity (Wildman–Crippen MR) is 176 cm³/mol. The molecular formula is C36H35N3O9. The first kappa shape index (κ1) is 34.8. The van der Waals surface area contributed by atoms with Crippen molar-refractivity contribution in [1.29, 1.82) is 0 Å². The summed E-state index contributed by atoms with van der Waals surface area (Å²) in [5.41, 5.74) is 0.658. The normalized spacial score (nSPS) is 10.6. The quantitative estimate of drug-likeness (QED) is 0.0560. The Morgan fingerprint density at radius 3 is 1.54 bits per heavy atom. The molecule has 0 saturated heterocycles. The third kappa shape index (κ3) is 9.03. The topological polar surface area (TPSA) is 178 Å². The van der Waals surface area contributed by atoms with E-state index in [-0.39, 0.29) is 68.7 Å². The van der Waals surface area contributed by atoms with Gasteiger partial charge >= 0.3 is 17.9 Å². The van der Waals surface area contributed by atoms with E-state index in [1.54, 1.807) is 0 Å². The van der Waals surface area contributed by atoms with Crippen molar-refractivity contribution in [2.24, 2.45) is 0 Å². The molecule has 0 aliphatic rings. The van der Waals surface area contributed by atoms with Gasteiger partial charge in [0.05, 0.1) is 16.7 Å². The second kappa shape index (κ2) is 16.0. The third-order valence-corrected chi connectivity index (χ3v) is 6.99. The fraction of sp³-hybridized carbons (Fsp3) is 0.222. The standard InChI is InChI=1S/C36H35N3O9/c1-5-7-8-9-10-11-21(3)36(45)48-25-14-17-28(31(43)20-25)35-38-33(26-15-12-23(18-29(26)41)46-22(4)40)37-34(39-35)27-16-13-24(19-30(27)42)47-32(44)6-2/h6,12-20,41-43H,2-3,5,7-11H2,1,4H3. The number of aromatic hydroxyl groups is 3. The lowest BCUT2D eigenvalue weighted by Gasteiger charge is -2.13. The Labute approximate surface area is 277 Å². The fourth-order valence-corrected chi connectivity index (χ4v) is 4.58. The smallest absolute Gasteiger partial charge is 0.338 e. The third-order valence-electron chi connectivity index (χ3n) is 6.99. The van der Waals surface area contributed by atoms with Crippen LogP contribution < -0.4 is 14.2 Å². The lowest BCUT2D eigenvalue weighted by molar-refractivity contribution is -0.132. The molecule has 0 amide bonds. The number of carbonyl (C=O) groups is 3. The van der Waals surface area contributed by atoms with Crippen LogP contribution in [0.25, 0.3) is 34.2 Å². The Balaban J connectivity index is 1.70. The van der Waals surface area contributed by atoms with Crippen LogP contribution in [0.3, 0.4) is 0 Å². The van der Waals surface area contributed by atoms with Crippen molar-refractivity contribution in [3.05, 3.63) is 79.4 Å². The molecule has 0 bridgehead atoms. The van der Waals surface area contributed by atoms with Gasteiger partial charge in [-0.2, -0.15) is 0 Å². The SMILES string of the molecule is C=CC(=O)Oc1ccc(-c2nc(-c3ccc(OC(C)=O)cc3O)nc(-c3ccc(OC(=O)C(=C)CCCCCCC)cc3O)n2)c(O)c1. The highest BCUT2D eigenvalue weighted by atomic mass is 16.5. The summed E-state index contributed by atoms with van der Waals surface area (Å²) < 4.78 is 15.5. The first-order valence-electron chi connectivity index (χ1n) is 15.2. The van der Waals surface area contributed by atoms with Gasteiger partial charge in [-0.15, -0.1) is 0 Å². The molecule has 0 saturated carbocycles. The number of esters is 3. The van der Waals surface area contributed by atoms with Crippen LogP contribution in [-0.2, 0) is 14.4 Å².